The van der Waals surface area contributed by atoms with Gasteiger partial charge in [-0.2, -0.15) is 0 Å². The minimum atomic E-state index is -1.26. The molecule has 1 heterocycles. The lowest BCUT2D eigenvalue weighted by Gasteiger charge is -2.26. The number of hydrogen-bond acceptors (Lipinski definition) is 7. The summed E-state index contributed by atoms with van der Waals surface area (Å²) in [5.74, 6) is -3.11. The molecule has 10 heteroatoms. The minimum absolute atomic E-state index is 0.172. The van der Waals surface area contributed by atoms with E-state index in [4.69, 9.17) is 14.9 Å². The number of rotatable bonds is 6. The predicted octanol–water partition coefficient (Wildman–Crippen LogP) is 1.83. The number of benzene rings is 2. The zero-order chi connectivity index (χ0) is 25.4. The number of amides is 1. The Morgan fingerprint density at radius 1 is 0.857 bits per heavy atom. The molecule has 4 rings (SSSR count). The number of hydrogen-bond donors (Lipinski definition) is 3. The number of carboxylic acids is 2. The second kappa shape index (κ2) is 11.8. The van der Waals surface area contributed by atoms with Crippen molar-refractivity contribution in [2.24, 2.45) is 0 Å². The number of anilines is 1. The summed E-state index contributed by atoms with van der Waals surface area (Å²) in [7, 11) is 0. The molecule has 0 spiro atoms. The van der Waals surface area contributed by atoms with Gasteiger partial charge in [0, 0.05) is 54.9 Å². The number of carbonyl (C=O) groups excluding carboxylic acids is 3. The molecule has 0 bridgehead atoms. The van der Waals surface area contributed by atoms with Crippen molar-refractivity contribution in [1.29, 1.82) is 0 Å². The number of carboxylic acid groups (broad SMARTS) is 2. The molecular weight excluding hydrogens is 456 g/mol. The SMILES string of the molecule is O=C(CCN1CCOCC1)Nc1cccc2c1C(=O)c1ccccc1C2=O.O=C(O)/C=C\C(=O)O. The molecule has 1 saturated heterocycles. The molecule has 1 aliphatic heterocycles. The van der Waals surface area contributed by atoms with Crippen LogP contribution < -0.4 is 5.32 Å². The highest BCUT2D eigenvalue weighted by molar-refractivity contribution is 6.30. The van der Waals surface area contributed by atoms with Crippen LogP contribution in [0.2, 0.25) is 0 Å². The fourth-order valence-corrected chi connectivity index (χ4v) is 3.69. The molecule has 182 valence electrons. The fraction of sp³-hybridized carbons (Fsp3) is 0.240. The van der Waals surface area contributed by atoms with E-state index < -0.39 is 11.9 Å². The molecule has 10 nitrogen and oxygen atoms in total. The summed E-state index contributed by atoms with van der Waals surface area (Å²) in [5.41, 5.74) is 1.80. The van der Waals surface area contributed by atoms with Crippen molar-refractivity contribution in [3.05, 3.63) is 76.9 Å². The van der Waals surface area contributed by atoms with Crippen LogP contribution in [0.3, 0.4) is 0 Å². The molecule has 2 aromatic carbocycles. The summed E-state index contributed by atoms with van der Waals surface area (Å²) < 4.78 is 5.30. The van der Waals surface area contributed by atoms with Gasteiger partial charge in [-0.1, -0.05) is 36.4 Å². The molecule has 0 atom stereocenters. The number of morpholine rings is 1. The second-order valence-electron chi connectivity index (χ2n) is 7.69. The van der Waals surface area contributed by atoms with E-state index in [2.05, 4.69) is 10.2 Å². The van der Waals surface area contributed by atoms with Crippen molar-refractivity contribution in [2.75, 3.05) is 38.2 Å². The maximum Gasteiger partial charge on any atom is 0.328 e. The largest absolute Gasteiger partial charge is 0.478 e. The highest BCUT2D eigenvalue weighted by atomic mass is 16.5. The van der Waals surface area contributed by atoms with Gasteiger partial charge in [-0.15, -0.1) is 0 Å². The Hall–Kier alpha value is -4.15. The zero-order valence-corrected chi connectivity index (χ0v) is 18.7. The summed E-state index contributed by atoms with van der Waals surface area (Å²) in [5, 5.41) is 18.4. The molecule has 35 heavy (non-hydrogen) atoms. The third kappa shape index (κ3) is 6.69. The van der Waals surface area contributed by atoms with E-state index in [1.807, 2.05) is 0 Å². The van der Waals surface area contributed by atoms with Gasteiger partial charge >= 0.3 is 11.9 Å². The number of carbonyl (C=O) groups is 5. The van der Waals surface area contributed by atoms with Crippen LogP contribution in [-0.4, -0.2) is 77.4 Å². The number of nitrogens with zero attached hydrogens (tertiary/aromatic N) is 1. The van der Waals surface area contributed by atoms with Gasteiger partial charge in [0.2, 0.25) is 5.91 Å². The number of nitrogens with one attached hydrogen (secondary N) is 1. The lowest BCUT2D eigenvalue weighted by Crippen LogP contribution is -2.38. The van der Waals surface area contributed by atoms with E-state index >= 15 is 0 Å². The fourth-order valence-electron chi connectivity index (χ4n) is 3.69. The van der Waals surface area contributed by atoms with Gasteiger partial charge in [0.1, 0.15) is 0 Å². The molecular formula is C25H24N2O8. The number of ether oxygens (including phenoxy) is 1. The van der Waals surface area contributed by atoms with Gasteiger partial charge in [-0.25, -0.2) is 9.59 Å². The van der Waals surface area contributed by atoms with E-state index in [1.54, 1.807) is 42.5 Å². The smallest absolute Gasteiger partial charge is 0.328 e. The van der Waals surface area contributed by atoms with E-state index in [0.29, 0.717) is 60.7 Å². The topological polar surface area (TPSA) is 150 Å². The number of aliphatic carboxylic acids is 2. The lowest BCUT2D eigenvalue weighted by atomic mass is 9.83. The maximum absolute atomic E-state index is 12.9. The highest BCUT2D eigenvalue weighted by Crippen LogP contribution is 2.31. The molecule has 0 saturated carbocycles. The van der Waals surface area contributed by atoms with Crippen molar-refractivity contribution in [3.63, 3.8) is 0 Å². The van der Waals surface area contributed by atoms with Crippen LogP contribution >= 0.6 is 0 Å². The standard InChI is InChI=1S/C21H20N2O4.C4H4O4/c24-18(8-9-23-10-12-27-13-11-23)22-17-7-3-6-16-19(17)21(26)15-5-2-1-4-14(15)20(16)25;5-3(6)1-2-4(7)8/h1-7H,8-13H2,(H,22,24);1-2H,(H,5,6)(H,7,8)/b;2-1-. The predicted molar refractivity (Wildman–Crippen MR) is 125 cm³/mol. The average molecular weight is 480 g/mol. The van der Waals surface area contributed by atoms with Gasteiger partial charge in [0.25, 0.3) is 0 Å². The third-order valence-electron chi connectivity index (χ3n) is 5.35. The summed E-state index contributed by atoms with van der Waals surface area (Å²) in [6.07, 6.45) is 1.44. The molecule has 2 aliphatic rings. The molecule has 0 radical (unpaired) electrons. The Morgan fingerprint density at radius 2 is 1.43 bits per heavy atom. The van der Waals surface area contributed by atoms with Crippen LogP contribution in [0.4, 0.5) is 5.69 Å². The average Bonchev–Trinajstić information content (AvgIpc) is 2.86. The Kier molecular flexibility index (Phi) is 8.60. The van der Waals surface area contributed by atoms with E-state index in [9.17, 15) is 24.0 Å². The summed E-state index contributed by atoms with van der Waals surface area (Å²) in [4.78, 5) is 59.4. The van der Waals surface area contributed by atoms with Crippen LogP contribution in [0.25, 0.3) is 0 Å². The molecule has 1 fully saturated rings. The number of ketones is 2. The first kappa shape index (κ1) is 25.5. The Balaban J connectivity index is 0.000000371. The molecule has 0 aromatic heterocycles. The summed E-state index contributed by atoms with van der Waals surface area (Å²) in [6, 6.07) is 11.8. The van der Waals surface area contributed by atoms with Crippen molar-refractivity contribution in [2.45, 2.75) is 6.42 Å². The van der Waals surface area contributed by atoms with Crippen LogP contribution in [0, 0.1) is 0 Å². The maximum atomic E-state index is 12.9. The molecule has 1 aliphatic carbocycles. The van der Waals surface area contributed by atoms with Gasteiger partial charge in [0.05, 0.1) is 24.5 Å². The van der Waals surface area contributed by atoms with Gasteiger partial charge in [0.15, 0.2) is 11.6 Å². The molecule has 0 unspecified atom stereocenters. The highest BCUT2D eigenvalue weighted by Gasteiger charge is 2.31. The van der Waals surface area contributed by atoms with Crippen LogP contribution in [0.5, 0.6) is 0 Å². The van der Waals surface area contributed by atoms with Gasteiger partial charge in [-0.3, -0.25) is 19.3 Å². The molecule has 2 aromatic rings. The quantitative estimate of drug-likeness (QED) is 0.449. The zero-order valence-electron chi connectivity index (χ0n) is 18.7. The molecule has 1 amide bonds. The first-order valence-electron chi connectivity index (χ1n) is 10.8. The normalized spacial score (nSPS) is 15.0. The van der Waals surface area contributed by atoms with Crippen molar-refractivity contribution >= 4 is 35.1 Å². The number of fused-ring (bicyclic) bond motifs is 2. The Morgan fingerprint density at radius 3 is 2.03 bits per heavy atom. The van der Waals surface area contributed by atoms with Crippen molar-refractivity contribution in [3.8, 4) is 0 Å². The van der Waals surface area contributed by atoms with Crippen molar-refractivity contribution < 1.29 is 38.9 Å². The van der Waals surface area contributed by atoms with E-state index in [1.165, 1.54) is 0 Å². The monoisotopic (exact) mass is 480 g/mol. The summed E-state index contributed by atoms with van der Waals surface area (Å²) >= 11 is 0. The molecule has 3 N–H and O–H groups in total. The Bertz CT molecular complexity index is 1170. The first-order chi connectivity index (χ1) is 16.8. The summed E-state index contributed by atoms with van der Waals surface area (Å²) in [6.45, 7) is 3.64. The van der Waals surface area contributed by atoms with E-state index in [-0.39, 0.29) is 23.0 Å². The van der Waals surface area contributed by atoms with Crippen LogP contribution in [0.1, 0.15) is 38.3 Å². The van der Waals surface area contributed by atoms with Crippen molar-refractivity contribution in [1.82, 2.24) is 4.90 Å². The van der Waals surface area contributed by atoms with Gasteiger partial charge in [-0.05, 0) is 6.07 Å². The lowest BCUT2D eigenvalue weighted by molar-refractivity contribution is -0.134. The van der Waals surface area contributed by atoms with Crippen LogP contribution in [-0.2, 0) is 19.1 Å². The van der Waals surface area contributed by atoms with Crippen LogP contribution in [0.15, 0.2) is 54.6 Å². The van der Waals surface area contributed by atoms with E-state index in [0.717, 1.165) is 13.1 Å². The Labute approximate surface area is 200 Å². The first-order valence-corrected chi connectivity index (χ1v) is 10.8. The second-order valence-corrected chi connectivity index (χ2v) is 7.69. The third-order valence-corrected chi connectivity index (χ3v) is 5.35. The minimum Gasteiger partial charge on any atom is -0.478 e. The van der Waals surface area contributed by atoms with Gasteiger partial charge < -0.3 is 20.3 Å².